The molecule has 0 aromatic heterocycles. The second kappa shape index (κ2) is 6.28. The fourth-order valence-electron chi connectivity index (χ4n) is 1.92. The third-order valence-electron chi connectivity index (χ3n) is 3.19. The molecule has 0 aliphatic carbocycles. The van der Waals surface area contributed by atoms with Gasteiger partial charge in [-0.05, 0) is 43.2 Å². The smallest absolute Gasteiger partial charge is 0.242 e. The van der Waals surface area contributed by atoms with Crippen LogP contribution in [0.1, 0.15) is 12.8 Å². The first-order valence-electron chi connectivity index (χ1n) is 6.57. The number of hydrogen-bond donors (Lipinski definition) is 1. The summed E-state index contributed by atoms with van der Waals surface area (Å²) >= 11 is 0. The molecule has 1 aliphatic heterocycles. The summed E-state index contributed by atoms with van der Waals surface area (Å²) in [5.41, 5.74) is 0.890. The lowest BCUT2D eigenvalue weighted by atomic mass is 10.1. The van der Waals surface area contributed by atoms with Crippen LogP contribution in [-0.4, -0.2) is 39.5 Å². The zero-order valence-corrected chi connectivity index (χ0v) is 12.6. The Kier molecular flexibility index (Phi) is 4.67. The number of ether oxygens (including phenoxy) is 1. The van der Waals surface area contributed by atoms with E-state index >= 15 is 0 Å². The molecule has 6 heteroatoms. The molecule has 0 fully saturated rings. The van der Waals surface area contributed by atoms with Crippen LogP contribution in [0.2, 0.25) is 0 Å². The third kappa shape index (κ3) is 3.52. The molecule has 0 bridgehead atoms. The van der Waals surface area contributed by atoms with Gasteiger partial charge in [0.1, 0.15) is 6.10 Å². The summed E-state index contributed by atoms with van der Waals surface area (Å²) < 4.78 is 30.5. The highest BCUT2D eigenvalue weighted by atomic mass is 32.2. The van der Waals surface area contributed by atoms with Crippen LogP contribution in [0.25, 0.3) is 0 Å². The highest BCUT2D eigenvalue weighted by Gasteiger charge is 2.16. The molecule has 2 rings (SSSR count). The van der Waals surface area contributed by atoms with Gasteiger partial charge >= 0.3 is 0 Å². The van der Waals surface area contributed by atoms with Gasteiger partial charge in [0.15, 0.2) is 0 Å². The zero-order chi connectivity index (χ0) is 14.6. The van der Waals surface area contributed by atoms with Gasteiger partial charge in [-0.3, -0.25) is 0 Å². The van der Waals surface area contributed by atoms with Crippen molar-refractivity contribution in [2.24, 2.45) is 0 Å². The summed E-state index contributed by atoms with van der Waals surface area (Å²) in [6, 6.07) is 6.77. The van der Waals surface area contributed by atoms with Crippen LogP contribution in [0.3, 0.4) is 0 Å². The second-order valence-electron chi connectivity index (χ2n) is 4.90. The molecule has 20 heavy (non-hydrogen) atoms. The molecule has 1 heterocycles. The van der Waals surface area contributed by atoms with E-state index in [1.54, 1.807) is 30.5 Å². The van der Waals surface area contributed by atoms with Crippen molar-refractivity contribution in [2.45, 2.75) is 23.8 Å². The average molecular weight is 296 g/mol. The first kappa shape index (κ1) is 14.9. The van der Waals surface area contributed by atoms with Crippen molar-refractivity contribution in [2.75, 3.05) is 26.0 Å². The number of hydrogen-bond acceptors (Lipinski definition) is 4. The third-order valence-corrected chi connectivity index (χ3v) is 5.02. The summed E-state index contributed by atoms with van der Waals surface area (Å²) in [5, 5.41) is 3.25. The largest absolute Gasteiger partial charge is 0.497 e. The molecule has 0 spiro atoms. The van der Waals surface area contributed by atoms with E-state index in [1.165, 1.54) is 18.4 Å². The summed E-state index contributed by atoms with van der Waals surface area (Å²) in [7, 11) is -0.311. The van der Waals surface area contributed by atoms with Gasteiger partial charge in [-0.15, -0.1) is 0 Å². The Hall–Kier alpha value is -1.53. The number of nitrogens with zero attached hydrogens (tertiary/aromatic N) is 1. The quantitative estimate of drug-likeness (QED) is 0.903. The van der Waals surface area contributed by atoms with Crippen LogP contribution in [0.15, 0.2) is 41.5 Å². The van der Waals surface area contributed by atoms with E-state index in [0.29, 0.717) is 11.4 Å². The van der Waals surface area contributed by atoms with Crippen LogP contribution in [0, 0.1) is 0 Å². The molecule has 1 atom stereocenters. The van der Waals surface area contributed by atoms with Crippen molar-refractivity contribution in [1.82, 2.24) is 4.31 Å². The number of anilines is 1. The van der Waals surface area contributed by atoms with Crippen LogP contribution >= 0.6 is 0 Å². The minimum Gasteiger partial charge on any atom is -0.497 e. The summed E-state index contributed by atoms with van der Waals surface area (Å²) in [4.78, 5) is 0.296. The molecule has 0 saturated carbocycles. The van der Waals surface area contributed by atoms with E-state index in [0.717, 1.165) is 18.5 Å². The lowest BCUT2D eigenvalue weighted by Crippen LogP contribution is -2.23. The number of rotatable bonds is 5. The molecular formula is C14H20N2O3S. The van der Waals surface area contributed by atoms with Crippen LogP contribution in [0.5, 0.6) is 0 Å². The van der Waals surface area contributed by atoms with E-state index in [-0.39, 0.29) is 6.10 Å². The minimum absolute atomic E-state index is 0.171. The van der Waals surface area contributed by atoms with Crippen molar-refractivity contribution in [1.29, 1.82) is 0 Å². The Labute approximate surface area is 120 Å². The zero-order valence-electron chi connectivity index (χ0n) is 11.7. The van der Waals surface area contributed by atoms with Gasteiger partial charge in [0.2, 0.25) is 10.0 Å². The van der Waals surface area contributed by atoms with Crippen molar-refractivity contribution in [3.63, 3.8) is 0 Å². The van der Waals surface area contributed by atoms with Crippen molar-refractivity contribution in [3.05, 3.63) is 36.6 Å². The van der Waals surface area contributed by atoms with E-state index in [1.807, 2.05) is 6.08 Å². The van der Waals surface area contributed by atoms with Crippen molar-refractivity contribution in [3.8, 4) is 0 Å². The number of sulfonamides is 1. The SMILES string of the molecule is CN(C)S(=O)(=O)c1ccc(NCC2CCC=CO2)cc1. The first-order chi connectivity index (χ1) is 9.50. The molecule has 1 N–H and O–H groups in total. The first-order valence-corrected chi connectivity index (χ1v) is 8.01. The monoisotopic (exact) mass is 296 g/mol. The maximum Gasteiger partial charge on any atom is 0.242 e. The Bertz CT molecular complexity index is 565. The Morgan fingerprint density at radius 2 is 2.00 bits per heavy atom. The molecule has 1 aromatic rings. The topological polar surface area (TPSA) is 58.6 Å². The van der Waals surface area contributed by atoms with Gasteiger partial charge in [-0.2, -0.15) is 0 Å². The molecule has 0 amide bonds. The van der Waals surface area contributed by atoms with Crippen molar-refractivity contribution < 1.29 is 13.2 Å². The fraction of sp³-hybridized carbons (Fsp3) is 0.429. The summed E-state index contributed by atoms with van der Waals surface area (Å²) in [6.07, 6.45) is 5.95. The number of allylic oxidation sites excluding steroid dienone is 1. The molecule has 1 unspecified atom stereocenters. The Morgan fingerprint density at radius 1 is 1.30 bits per heavy atom. The maximum absolute atomic E-state index is 11.9. The van der Waals surface area contributed by atoms with E-state index in [2.05, 4.69) is 5.32 Å². The highest BCUT2D eigenvalue weighted by Crippen LogP contribution is 2.17. The maximum atomic E-state index is 11.9. The fourth-order valence-corrected chi connectivity index (χ4v) is 2.82. The van der Waals surface area contributed by atoms with Crippen molar-refractivity contribution >= 4 is 15.7 Å². The molecule has 5 nitrogen and oxygen atoms in total. The van der Waals surface area contributed by atoms with E-state index in [4.69, 9.17) is 4.74 Å². The standard InChI is InChI=1S/C14H20N2O3S/c1-16(2)20(17,18)14-8-6-12(7-9-14)15-11-13-5-3-4-10-19-13/h4,6-10,13,15H,3,5,11H2,1-2H3. The van der Waals surface area contributed by atoms with Gasteiger partial charge in [-0.1, -0.05) is 0 Å². The second-order valence-corrected chi connectivity index (χ2v) is 7.05. The Morgan fingerprint density at radius 3 is 2.55 bits per heavy atom. The normalized spacial score (nSPS) is 18.9. The number of nitrogens with one attached hydrogen (secondary N) is 1. The van der Waals surface area contributed by atoms with Gasteiger partial charge in [0.25, 0.3) is 0 Å². The summed E-state index contributed by atoms with van der Waals surface area (Å²) in [6.45, 7) is 0.712. The van der Waals surface area contributed by atoms with Crippen LogP contribution in [0.4, 0.5) is 5.69 Å². The molecule has 1 aromatic carbocycles. The molecule has 1 aliphatic rings. The van der Waals surface area contributed by atoms with Gasteiger partial charge in [0, 0.05) is 19.8 Å². The lowest BCUT2D eigenvalue weighted by molar-refractivity contribution is 0.135. The summed E-state index contributed by atoms with van der Waals surface area (Å²) in [5.74, 6) is 0. The van der Waals surface area contributed by atoms with Gasteiger partial charge in [0.05, 0.1) is 17.7 Å². The minimum atomic E-state index is -3.36. The predicted octanol–water partition coefficient (Wildman–Crippen LogP) is 2.04. The van der Waals surface area contributed by atoms with Crippen LogP contribution in [-0.2, 0) is 14.8 Å². The van der Waals surface area contributed by atoms with Gasteiger partial charge < -0.3 is 10.1 Å². The van der Waals surface area contributed by atoms with Crippen LogP contribution < -0.4 is 5.32 Å². The molecule has 0 radical (unpaired) electrons. The number of benzene rings is 1. The predicted molar refractivity (Wildman–Crippen MR) is 79.1 cm³/mol. The Balaban J connectivity index is 1.96. The molecule has 110 valence electrons. The van der Waals surface area contributed by atoms with E-state index < -0.39 is 10.0 Å². The van der Waals surface area contributed by atoms with Gasteiger partial charge in [-0.25, -0.2) is 12.7 Å². The molecular weight excluding hydrogens is 276 g/mol. The highest BCUT2D eigenvalue weighted by molar-refractivity contribution is 7.89. The van der Waals surface area contributed by atoms with E-state index in [9.17, 15) is 8.42 Å². The average Bonchev–Trinajstić information content (AvgIpc) is 2.46. The lowest BCUT2D eigenvalue weighted by Gasteiger charge is -2.20. The molecule has 0 saturated heterocycles.